The highest BCUT2D eigenvalue weighted by molar-refractivity contribution is 7.13. The van der Waals surface area contributed by atoms with Crippen LogP contribution in [0.4, 0.5) is 0 Å². The lowest BCUT2D eigenvalue weighted by atomic mass is 10.1. The van der Waals surface area contributed by atoms with Crippen molar-refractivity contribution in [2.24, 2.45) is 5.73 Å². The Hall–Kier alpha value is -1.39. The zero-order chi connectivity index (χ0) is 14.8. The van der Waals surface area contributed by atoms with Gasteiger partial charge in [0.2, 0.25) is 0 Å². The van der Waals surface area contributed by atoms with Crippen LogP contribution in [0.3, 0.4) is 0 Å². The van der Waals surface area contributed by atoms with Gasteiger partial charge in [-0.15, -0.1) is 11.3 Å². The van der Waals surface area contributed by atoms with Gasteiger partial charge < -0.3 is 5.73 Å². The Morgan fingerprint density at radius 2 is 1.86 bits per heavy atom. The molecule has 2 N–H and O–H groups in total. The summed E-state index contributed by atoms with van der Waals surface area (Å²) in [5.74, 6) is 0. The molecule has 0 aliphatic carbocycles. The van der Waals surface area contributed by atoms with Gasteiger partial charge in [0, 0.05) is 23.1 Å². The van der Waals surface area contributed by atoms with Crippen LogP contribution in [-0.2, 0) is 6.54 Å². The second-order valence-electron chi connectivity index (χ2n) is 4.57. The summed E-state index contributed by atoms with van der Waals surface area (Å²) in [6.07, 6.45) is 0. The maximum Gasteiger partial charge on any atom is 0.124 e. The molecule has 21 heavy (non-hydrogen) atoms. The minimum Gasteiger partial charge on any atom is -0.326 e. The van der Waals surface area contributed by atoms with Crippen LogP contribution >= 0.6 is 34.5 Å². The number of benzene rings is 2. The van der Waals surface area contributed by atoms with E-state index in [1.165, 1.54) is 0 Å². The molecular weight excluding hydrogens is 323 g/mol. The molecule has 0 aliphatic heterocycles. The van der Waals surface area contributed by atoms with Crippen LogP contribution in [0, 0.1) is 0 Å². The maximum absolute atomic E-state index is 6.06. The van der Waals surface area contributed by atoms with Crippen LogP contribution in [0.5, 0.6) is 0 Å². The van der Waals surface area contributed by atoms with Crippen molar-refractivity contribution in [3.8, 4) is 21.8 Å². The van der Waals surface area contributed by atoms with Crippen LogP contribution in [0.25, 0.3) is 21.8 Å². The predicted molar refractivity (Wildman–Crippen MR) is 90.9 cm³/mol. The van der Waals surface area contributed by atoms with E-state index in [1.54, 1.807) is 17.4 Å². The van der Waals surface area contributed by atoms with Gasteiger partial charge in [-0.25, -0.2) is 4.98 Å². The van der Waals surface area contributed by atoms with Gasteiger partial charge in [-0.1, -0.05) is 47.5 Å². The molecule has 2 nitrogen and oxygen atoms in total. The Labute approximate surface area is 137 Å². The highest BCUT2D eigenvalue weighted by Crippen LogP contribution is 2.32. The highest BCUT2D eigenvalue weighted by atomic mass is 35.5. The molecule has 106 valence electrons. The van der Waals surface area contributed by atoms with E-state index in [4.69, 9.17) is 28.9 Å². The molecule has 0 saturated carbocycles. The van der Waals surface area contributed by atoms with Crippen molar-refractivity contribution in [3.05, 3.63) is 63.5 Å². The SMILES string of the molecule is NCc1cccc(-c2csc(-c3ccc(Cl)c(Cl)c3)n2)c1. The van der Waals surface area contributed by atoms with Gasteiger partial charge in [0.05, 0.1) is 15.7 Å². The van der Waals surface area contributed by atoms with Crippen molar-refractivity contribution in [2.45, 2.75) is 6.54 Å². The van der Waals surface area contributed by atoms with Gasteiger partial charge in [-0.3, -0.25) is 0 Å². The van der Waals surface area contributed by atoms with Gasteiger partial charge in [0.25, 0.3) is 0 Å². The zero-order valence-electron chi connectivity index (χ0n) is 11.0. The van der Waals surface area contributed by atoms with Crippen molar-refractivity contribution in [1.29, 1.82) is 0 Å². The second-order valence-corrected chi connectivity index (χ2v) is 6.24. The van der Waals surface area contributed by atoms with Crippen molar-refractivity contribution in [3.63, 3.8) is 0 Å². The van der Waals surface area contributed by atoms with E-state index in [2.05, 4.69) is 11.1 Å². The second kappa shape index (κ2) is 6.16. The molecule has 0 atom stereocenters. The first-order chi connectivity index (χ1) is 10.2. The summed E-state index contributed by atoms with van der Waals surface area (Å²) >= 11 is 13.6. The van der Waals surface area contributed by atoms with Gasteiger partial charge >= 0.3 is 0 Å². The van der Waals surface area contributed by atoms with Crippen LogP contribution in [-0.4, -0.2) is 4.98 Å². The fourth-order valence-corrected chi connectivity index (χ4v) is 3.15. The van der Waals surface area contributed by atoms with E-state index in [9.17, 15) is 0 Å². The molecule has 1 aromatic heterocycles. The number of hydrogen-bond donors (Lipinski definition) is 1. The highest BCUT2D eigenvalue weighted by Gasteiger charge is 2.08. The third kappa shape index (κ3) is 3.11. The summed E-state index contributed by atoms with van der Waals surface area (Å²) < 4.78 is 0. The summed E-state index contributed by atoms with van der Waals surface area (Å²) in [4.78, 5) is 4.67. The van der Waals surface area contributed by atoms with Gasteiger partial charge in [-0.2, -0.15) is 0 Å². The van der Waals surface area contributed by atoms with E-state index >= 15 is 0 Å². The Morgan fingerprint density at radius 1 is 1.00 bits per heavy atom. The van der Waals surface area contributed by atoms with Crippen molar-refractivity contribution < 1.29 is 0 Å². The van der Waals surface area contributed by atoms with Crippen molar-refractivity contribution in [1.82, 2.24) is 4.98 Å². The molecule has 0 amide bonds. The molecule has 1 heterocycles. The third-order valence-corrected chi connectivity index (χ3v) is 4.76. The minimum absolute atomic E-state index is 0.525. The van der Waals surface area contributed by atoms with E-state index in [-0.39, 0.29) is 0 Å². The number of halogens is 2. The number of thiazole rings is 1. The molecule has 0 spiro atoms. The van der Waals surface area contributed by atoms with Crippen LogP contribution < -0.4 is 5.73 Å². The third-order valence-electron chi connectivity index (χ3n) is 3.13. The molecule has 0 unspecified atom stereocenters. The monoisotopic (exact) mass is 334 g/mol. The van der Waals surface area contributed by atoms with Gasteiger partial charge in [0.1, 0.15) is 5.01 Å². The average Bonchev–Trinajstić information content (AvgIpc) is 3.00. The molecule has 2 aromatic carbocycles. The number of nitrogens with zero attached hydrogens (tertiary/aromatic N) is 1. The first-order valence-electron chi connectivity index (χ1n) is 6.37. The number of aromatic nitrogens is 1. The fourth-order valence-electron chi connectivity index (χ4n) is 2.03. The van der Waals surface area contributed by atoms with Gasteiger partial charge in [0.15, 0.2) is 0 Å². The molecule has 3 aromatic rings. The number of hydrogen-bond acceptors (Lipinski definition) is 3. The van der Waals surface area contributed by atoms with Gasteiger partial charge in [-0.05, 0) is 23.8 Å². The summed E-state index contributed by atoms with van der Waals surface area (Å²) in [7, 11) is 0. The molecule has 0 bridgehead atoms. The quantitative estimate of drug-likeness (QED) is 0.711. The molecule has 0 radical (unpaired) electrons. The van der Waals surface area contributed by atoms with E-state index < -0.39 is 0 Å². The number of nitrogens with two attached hydrogens (primary N) is 1. The summed E-state index contributed by atoms with van der Waals surface area (Å²) in [6.45, 7) is 0.525. The molecular formula is C16H12Cl2N2S. The summed E-state index contributed by atoms with van der Waals surface area (Å²) in [5, 5.41) is 4.04. The molecule has 5 heteroatoms. The van der Waals surface area contributed by atoms with E-state index in [1.807, 2.05) is 35.7 Å². The normalized spacial score (nSPS) is 10.8. The number of rotatable bonds is 3. The van der Waals surface area contributed by atoms with E-state index in [0.717, 1.165) is 27.4 Å². The summed E-state index contributed by atoms with van der Waals surface area (Å²) in [6, 6.07) is 13.7. The fraction of sp³-hybridized carbons (Fsp3) is 0.0625. The Morgan fingerprint density at radius 3 is 2.62 bits per heavy atom. The topological polar surface area (TPSA) is 38.9 Å². The first-order valence-corrected chi connectivity index (χ1v) is 8.01. The molecule has 0 fully saturated rings. The van der Waals surface area contributed by atoms with E-state index in [0.29, 0.717) is 16.6 Å². The predicted octanol–water partition coefficient (Wildman–Crippen LogP) is 5.24. The Balaban J connectivity index is 1.97. The van der Waals surface area contributed by atoms with Crippen LogP contribution in [0.1, 0.15) is 5.56 Å². The zero-order valence-corrected chi connectivity index (χ0v) is 13.3. The molecule has 0 saturated heterocycles. The van der Waals surface area contributed by atoms with Crippen molar-refractivity contribution >= 4 is 34.5 Å². The lowest BCUT2D eigenvalue weighted by Gasteiger charge is -2.01. The average molecular weight is 335 g/mol. The lowest BCUT2D eigenvalue weighted by Crippen LogP contribution is -1.95. The maximum atomic E-state index is 6.06. The molecule has 0 aliphatic rings. The van der Waals surface area contributed by atoms with Crippen LogP contribution in [0.15, 0.2) is 47.8 Å². The lowest BCUT2D eigenvalue weighted by molar-refractivity contribution is 1.07. The standard InChI is InChI=1S/C16H12Cl2N2S/c17-13-5-4-12(7-14(13)18)16-20-15(9-21-16)11-3-1-2-10(6-11)8-19/h1-7,9H,8,19H2. The molecule has 3 rings (SSSR count). The largest absolute Gasteiger partial charge is 0.326 e. The Kier molecular flexibility index (Phi) is 4.27. The minimum atomic E-state index is 0.525. The summed E-state index contributed by atoms with van der Waals surface area (Å²) in [5.41, 5.74) is 9.75. The van der Waals surface area contributed by atoms with Crippen LogP contribution in [0.2, 0.25) is 10.0 Å². The first kappa shape index (κ1) is 14.5. The van der Waals surface area contributed by atoms with Crippen molar-refractivity contribution in [2.75, 3.05) is 0 Å². The Bertz CT molecular complexity index is 783. The smallest absolute Gasteiger partial charge is 0.124 e.